The highest BCUT2D eigenvalue weighted by Crippen LogP contribution is 2.25. The number of amides is 2. The molecule has 1 saturated heterocycles. The number of H-pyrrole nitrogens is 1. The van der Waals surface area contributed by atoms with Crippen LogP contribution in [0.15, 0.2) is 23.1 Å². The van der Waals surface area contributed by atoms with Crippen molar-refractivity contribution in [2.75, 3.05) is 0 Å². The maximum absolute atomic E-state index is 12.6. The van der Waals surface area contributed by atoms with Crippen molar-refractivity contribution in [2.24, 2.45) is 7.05 Å². The highest BCUT2D eigenvalue weighted by molar-refractivity contribution is 6.00. The van der Waals surface area contributed by atoms with E-state index in [9.17, 15) is 14.4 Å². The van der Waals surface area contributed by atoms with Gasteiger partial charge in [0.15, 0.2) is 0 Å². The van der Waals surface area contributed by atoms with Crippen LogP contribution in [0.25, 0.3) is 21.9 Å². The van der Waals surface area contributed by atoms with Gasteiger partial charge in [-0.2, -0.15) is 5.10 Å². The fourth-order valence-electron chi connectivity index (χ4n) is 3.03. The predicted molar refractivity (Wildman–Crippen MR) is 78.3 cm³/mol. The van der Waals surface area contributed by atoms with Crippen LogP contribution in [0.3, 0.4) is 0 Å². The van der Waals surface area contributed by atoms with E-state index in [1.165, 1.54) is 9.13 Å². The van der Waals surface area contributed by atoms with Crippen LogP contribution in [0.2, 0.25) is 0 Å². The van der Waals surface area contributed by atoms with Crippen LogP contribution in [0.1, 0.15) is 18.9 Å². The second-order valence-electron chi connectivity index (χ2n) is 5.48. The molecule has 3 heterocycles. The Morgan fingerprint density at radius 2 is 2.05 bits per heavy atom. The smallest absolute Gasteiger partial charge is 0.295 e. The van der Waals surface area contributed by atoms with E-state index in [2.05, 4.69) is 15.5 Å². The third kappa shape index (κ3) is 1.63. The Morgan fingerprint density at radius 1 is 1.23 bits per heavy atom. The van der Waals surface area contributed by atoms with Crippen LogP contribution >= 0.6 is 0 Å². The molecule has 3 aromatic rings. The van der Waals surface area contributed by atoms with Gasteiger partial charge in [0.2, 0.25) is 11.8 Å². The Labute approximate surface area is 123 Å². The SMILES string of the molecule is Cn1c(=O)n(C2CCC(=O)NC2=O)c2cc3[nH]ncc3cc21. The number of imide groups is 1. The number of piperidine rings is 1. The standard InChI is InChI=1S/C14H13N5O3/c1-18-10-4-7-6-15-17-8(7)5-11(10)19(14(18)22)9-2-3-12(20)16-13(9)21/h4-6,9H,2-3H2,1H3,(H,15,17)(H,16,20,21). The minimum Gasteiger partial charge on any atom is -0.295 e. The predicted octanol–water partition coefficient (Wildman–Crippen LogP) is 0.194. The maximum atomic E-state index is 12.6. The highest BCUT2D eigenvalue weighted by Gasteiger charge is 2.31. The average Bonchev–Trinajstić information content (AvgIpc) is 3.03. The molecule has 0 radical (unpaired) electrons. The van der Waals surface area contributed by atoms with Gasteiger partial charge in [-0.1, -0.05) is 0 Å². The first-order valence-electron chi connectivity index (χ1n) is 6.94. The Kier molecular flexibility index (Phi) is 2.50. The second-order valence-corrected chi connectivity index (χ2v) is 5.48. The van der Waals surface area contributed by atoms with Gasteiger partial charge in [-0.05, 0) is 18.6 Å². The van der Waals surface area contributed by atoms with Gasteiger partial charge < -0.3 is 0 Å². The summed E-state index contributed by atoms with van der Waals surface area (Å²) >= 11 is 0. The Hall–Kier alpha value is -2.90. The summed E-state index contributed by atoms with van der Waals surface area (Å²) in [6, 6.07) is 3.00. The molecule has 1 aliphatic rings. The fourth-order valence-corrected chi connectivity index (χ4v) is 3.03. The summed E-state index contributed by atoms with van der Waals surface area (Å²) in [6.45, 7) is 0. The molecule has 2 N–H and O–H groups in total. The van der Waals surface area contributed by atoms with E-state index in [0.717, 1.165) is 16.4 Å². The van der Waals surface area contributed by atoms with E-state index < -0.39 is 11.9 Å². The number of fused-ring (bicyclic) bond motifs is 2. The Balaban J connectivity index is 2.00. The van der Waals surface area contributed by atoms with Crippen LogP contribution < -0.4 is 11.0 Å². The molecular formula is C14H13N5O3. The number of rotatable bonds is 1. The monoisotopic (exact) mass is 299 g/mol. The number of hydrogen-bond donors (Lipinski definition) is 2. The Bertz CT molecular complexity index is 993. The number of imidazole rings is 1. The quantitative estimate of drug-likeness (QED) is 0.626. The molecule has 0 bridgehead atoms. The van der Waals surface area contributed by atoms with Crippen LogP contribution in [-0.2, 0) is 16.6 Å². The summed E-state index contributed by atoms with van der Waals surface area (Å²) in [5.41, 5.74) is 1.90. The van der Waals surface area contributed by atoms with Gasteiger partial charge in [0.25, 0.3) is 0 Å². The van der Waals surface area contributed by atoms with E-state index in [0.29, 0.717) is 11.9 Å². The van der Waals surface area contributed by atoms with Crippen LogP contribution in [0, 0.1) is 0 Å². The van der Waals surface area contributed by atoms with Crippen molar-refractivity contribution in [3.8, 4) is 0 Å². The molecule has 2 aromatic heterocycles. The lowest BCUT2D eigenvalue weighted by Crippen LogP contribution is -2.44. The van der Waals surface area contributed by atoms with E-state index in [-0.39, 0.29) is 18.0 Å². The lowest BCUT2D eigenvalue weighted by molar-refractivity contribution is -0.135. The first-order chi connectivity index (χ1) is 10.6. The van der Waals surface area contributed by atoms with E-state index in [1.54, 1.807) is 13.2 Å². The molecule has 0 spiro atoms. The number of nitrogens with one attached hydrogen (secondary N) is 2. The van der Waals surface area contributed by atoms with Crippen molar-refractivity contribution in [1.29, 1.82) is 0 Å². The number of nitrogens with zero attached hydrogens (tertiary/aromatic N) is 3. The van der Waals surface area contributed by atoms with E-state index >= 15 is 0 Å². The second kappa shape index (κ2) is 4.30. The molecule has 1 unspecified atom stereocenters. The van der Waals surface area contributed by atoms with Crippen LogP contribution in [-0.4, -0.2) is 31.1 Å². The van der Waals surface area contributed by atoms with Crippen molar-refractivity contribution in [3.05, 3.63) is 28.8 Å². The van der Waals surface area contributed by atoms with Gasteiger partial charge in [-0.25, -0.2) is 4.79 Å². The number of benzene rings is 1. The topological polar surface area (TPSA) is 102 Å². The van der Waals surface area contributed by atoms with E-state index in [4.69, 9.17) is 0 Å². The average molecular weight is 299 g/mol. The highest BCUT2D eigenvalue weighted by atomic mass is 16.2. The van der Waals surface area contributed by atoms with Crippen molar-refractivity contribution in [2.45, 2.75) is 18.9 Å². The van der Waals surface area contributed by atoms with Crippen molar-refractivity contribution < 1.29 is 9.59 Å². The Morgan fingerprint density at radius 3 is 2.82 bits per heavy atom. The first kappa shape index (κ1) is 12.8. The zero-order valence-corrected chi connectivity index (χ0v) is 11.8. The maximum Gasteiger partial charge on any atom is 0.329 e. The molecule has 1 atom stereocenters. The molecule has 8 nitrogen and oxygen atoms in total. The fraction of sp³-hybridized carbons (Fsp3) is 0.286. The largest absolute Gasteiger partial charge is 0.329 e. The summed E-state index contributed by atoms with van der Waals surface area (Å²) in [5.74, 6) is -0.735. The van der Waals surface area contributed by atoms with Crippen LogP contribution in [0.5, 0.6) is 0 Å². The molecule has 112 valence electrons. The molecule has 1 aromatic carbocycles. The third-order valence-electron chi connectivity index (χ3n) is 4.17. The summed E-state index contributed by atoms with van der Waals surface area (Å²) in [7, 11) is 1.67. The summed E-state index contributed by atoms with van der Waals surface area (Å²) < 4.78 is 2.96. The number of hydrogen-bond acceptors (Lipinski definition) is 4. The van der Waals surface area contributed by atoms with Crippen molar-refractivity contribution in [1.82, 2.24) is 24.6 Å². The summed E-state index contributed by atoms with van der Waals surface area (Å²) in [5, 5.41) is 10.0. The molecular weight excluding hydrogens is 286 g/mol. The lowest BCUT2D eigenvalue weighted by Gasteiger charge is -2.21. The minimum absolute atomic E-state index is 0.228. The molecule has 22 heavy (non-hydrogen) atoms. The third-order valence-corrected chi connectivity index (χ3v) is 4.17. The molecule has 8 heteroatoms. The molecule has 1 aliphatic heterocycles. The molecule has 0 aliphatic carbocycles. The van der Waals surface area contributed by atoms with Crippen LogP contribution in [0.4, 0.5) is 0 Å². The minimum atomic E-state index is -0.672. The number of carbonyl (C=O) groups excluding carboxylic acids is 2. The molecule has 1 fully saturated rings. The number of aryl methyl sites for hydroxylation is 1. The van der Waals surface area contributed by atoms with Gasteiger partial charge in [-0.3, -0.25) is 29.1 Å². The summed E-state index contributed by atoms with van der Waals surface area (Å²) in [6.07, 6.45) is 2.23. The lowest BCUT2D eigenvalue weighted by atomic mass is 10.1. The van der Waals surface area contributed by atoms with Crippen molar-refractivity contribution in [3.63, 3.8) is 0 Å². The normalized spacial score (nSPS) is 19.0. The zero-order valence-electron chi connectivity index (χ0n) is 11.8. The molecule has 0 saturated carbocycles. The van der Waals surface area contributed by atoms with Gasteiger partial charge in [0, 0.05) is 18.9 Å². The zero-order chi connectivity index (χ0) is 15.4. The van der Waals surface area contributed by atoms with Gasteiger partial charge in [-0.15, -0.1) is 0 Å². The molecule has 2 amide bonds. The number of carbonyl (C=O) groups is 2. The van der Waals surface area contributed by atoms with Gasteiger partial charge in [0.1, 0.15) is 6.04 Å². The van der Waals surface area contributed by atoms with Crippen molar-refractivity contribution >= 4 is 33.8 Å². The molecule has 4 rings (SSSR count). The number of aromatic amines is 1. The summed E-state index contributed by atoms with van der Waals surface area (Å²) in [4.78, 5) is 36.0. The first-order valence-corrected chi connectivity index (χ1v) is 6.94. The van der Waals surface area contributed by atoms with Gasteiger partial charge in [0.05, 0.1) is 22.7 Å². The number of aromatic nitrogens is 4. The van der Waals surface area contributed by atoms with E-state index in [1.807, 2.05) is 12.1 Å². The van der Waals surface area contributed by atoms with Gasteiger partial charge >= 0.3 is 5.69 Å².